The molecule has 2 heterocycles. The molecule has 0 aliphatic rings. The van der Waals surface area contributed by atoms with Gasteiger partial charge in [-0.3, -0.25) is 4.68 Å². The third kappa shape index (κ3) is 1.15. The van der Waals surface area contributed by atoms with Crippen LogP contribution in [0.1, 0.15) is 11.4 Å². The van der Waals surface area contributed by atoms with E-state index in [-0.39, 0.29) is 6.01 Å². The second-order valence-electron chi connectivity index (χ2n) is 3.11. The summed E-state index contributed by atoms with van der Waals surface area (Å²) in [7, 11) is 1.87. The van der Waals surface area contributed by atoms with Crippen molar-refractivity contribution in [2.75, 3.05) is 5.73 Å². The molecule has 2 aromatic rings. The zero-order chi connectivity index (χ0) is 10.3. The van der Waals surface area contributed by atoms with Gasteiger partial charge in [-0.1, -0.05) is 5.10 Å². The molecule has 0 bridgehead atoms. The second-order valence-corrected chi connectivity index (χ2v) is 3.11. The van der Waals surface area contributed by atoms with Crippen molar-refractivity contribution in [2.24, 2.45) is 7.05 Å². The van der Waals surface area contributed by atoms with E-state index in [0.29, 0.717) is 5.89 Å². The van der Waals surface area contributed by atoms with E-state index < -0.39 is 0 Å². The number of nitrogens with zero attached hydrogens (tertiary/aromatic N) is 4. The monoisotopic (exact) mass is 193 g/mol. The number of hydrogen-bond donors (Lipinski definition) is 1. The third-order valence-corrected chi connectivity index (χ3v) is 2.16. The number of nitrogens with two attached hydrogens (primary N) is 1. The van der Waals surface area contributed by atoms with E-state index in [0.717, 1.165) is 17.0 Å². The van der Waals surface area contributed by atoms with Gasteiger partial charge in [0.25, 0.3) is 5.89 Å². The van der Waals surface area contributed by atoms with Gasteiger partial charge in [0, 0.05) is 12.7 Å². The lowest BCUT2D eigenvalue weighted by Gasteiger charge is -1.94. The van der Waals surface area contributed by atoms with Gasteiger partial charge in [0.05, 0.1) is 11.3 Å². The van der Waals surface area contributed by atoms with Crippen LogP contribution in [0.5, 0.6) is 0 Å². The lowest BCUT2D eigenvalue weighted by Crippen LogP contribution is -1.92. The highest BCUT2D eigenvalue weighted by atomic mass is 16.4. The van der Waals surface area contributed by atoms with Gasteiger partial charge in [-0.2, -0.15) is 5.10 Å². The molecule has 6 nitrogen and oxygen atoms in total. The molecule has 0 aliphatic carbocycles. The Bertz CT molecular complexity index is 470. The molecule has 2 rings (SSSR count). The smallest absolute Gasteiger partial charge is 0.313 e. The summed E-state index contributed by atoms with van der Waals surface area (Å²) in [5.41, 5.74) is 8.05. The molecular weight excluding hydrogens is 182 g/mol. The molecule has 0 amide bonds. The maximum Gasteiger partial charge on any atom is 0.313 e. The van der Waals surface area contributed by atoms with Gasteiger partial charge in [-0.05, 0) is 13.8 Å². The van der Waals surface area contributed by atoms with Crippen molar-refractivity contribution < 1.29 is 4.42 Å². The fraction of sp³-hybridized carbons (Fsp3) is 0.375. The molecule has 74 valence electrons. The zero-order valence-electron chi connectivity index (χ0n) is 8.27. The first kappa shape index (κ1) is 8.74. The molecule has 0 unspecified atom stereocenters. The summed E-state index contributed by atoms with van der Waals surface area (Å²) in [6, 6.07) is 0.0719. The molecule has 2 aromatic heterocycles. The van der Waals surface area contributed by atoms with Crippen LogP contribution in [0, 0.1) is 13.8 Å². The van der Waals surface area contributed by atoms with Crippen molar-refractivity contribution in [1.29, 1.82) is 0 Å². The zero-order valence-corrected chi connectivity index (χ0v) is 8.27. The van der Waals surface area contributed by atoms with Crippen molar-refractivity contribution in [3.63, 3.8) is 0 Å². The molecule has 2 N–H and O–H groups in total. The van der Waals surface area contributed by atoms with Crippen molar-refractivity contribution in [2.45, 2.75) is 13.8 Å². The highest BCUT2D eigenvalue weighted by molar-refractivity contribution is 5.59. The summed E-state index contributed by atoms with van der Waals surface area (Å²) in [4.78, 5) is 0. The van der Waals surface area contributed by atoms with Gasteiger partial charge >= 0.3 is 6.01 Å². The fourth-order valence-corrected chi connectivity index (χ4v) is 1.42. The summed E-state index contributed by atoms with van der Waals surface area (Å²) < 4.78 is 6.92. The summed E-state index contributed by atoms with van der Waals surface area (Å²) in [6.07, 6.45) is 0. The Balaban J connectivity index is 2.61. The molecule has 0 radical (unpaired) electrons. The minimum atomic E-state index is 0.0719. The molecule has 14 heavy (non-hydrogen) atoms. The standard InChI is InChI=1S/C8H11N5O/c1-4-6(5(2)13(3)12-4)7-10-11-8(9)14-7/h1-3H3,(H2,9,11). The largest absolute Gasteiger partial charge is 0.403 e. The van der Waals surface area contributed by atoms with Crippen LogP contribution in [-0.2, 0) is 7.05 Å². The maximum absolute atomic E-state index is 5.36. The van der Waals surface area contributed by atoms with Crippen LogP contribution in [0.3, 0.4) is 0 Å². The highest BCUT2D eigenvalue weighted by Gasteiger charge is 2.16. The minimum absolute atomic E-state index is 0.0719. The molecular formula is C8H11N5O. The first-order valence-corrected chi connectivity index (χ1v) is 4.19. The molecule has 0 spiro atoms. The minimum Gasteiger partial charge on any atom is -0.403 e. The Kier molecular flexibility index (Phi) is 1.77. The number of anilines is 1. The van der Waals surface area contributed by atoms with Crippen LogP contribution < -0.4 is 5.73 Å². The lowest BCUT2D eigenvalue weighted by molar-refractivity contribution is 0.589. The van der Waals surface area contributed by atoms with Gasteiger partial charge in [-0.15, -0.1) is 5.10 Å². The number of nitrogen functional groups attached to an aromatic ring is 1. The van der Waals surface area contributed by atoms with Crippen molar-refractivity contribution >= 4 is 6.01 Å². The van der Waals surface area contributed by atoms with Crippen molar-refractivity contribution in [3.05, 3.63) is 11.4 Å². The molecule has 0 saturated carbocycles. The SMILES string of the molecule is Cc1nn(C)c(C)c1-c1nnc(N)o1. The van der Waals surface area contributed by atoms with E-state index in [9.17, 15) is 0 Å². The van der Waals surface area contributed by atoms with Crippen LogP contribution in [0.25, 0.3) is 11.5 Å². The van der Waals surface area contributed by atoms with E-state index in [1.54, 1.807) is 4.68 Å². The van der Waals surface area contributed by atoms with Gasteiger partial charge in [0.15, 0.2) is 0 Å². The normalized spacial score (nSPS) is 10.8. The van der Waals surface area contributed by atoms with Crippen molar-refractivity contribution in [1.82, 2.24) is 20.0 Å². The third-order valence-electron chi connectivity index (χ3n) is 2.16. The first-order chi connectivity index (χ1) is 6.59. The molecule has 0 saturated heterocycles. The van der Waals surface area contributed by atoms with Crippen molar-refractivity contribution in [3.8, 4) is 11.5 Å². The van der Waals surface area contributed by atoms with Crippen LogP contribution in [0.2, 0.25) is 0 Å². The Morgan fingerprint density at radius 1 is 1.29 bits per heavy atom. The topological polar surface area (TPSA) is 82.8 Å². The predicted octanol–water partition coefficient (Wildman–Crippen LogP) is 0.669. The van der Waals surface area contributed by atoms with Gasteiger partial charge in [0.2, 0.25) is 0 Å². The summed E-state index contributed by atoms with van der Waals surface area (Å²) in [5, 5.41) is 11.7. The molecule has 0 atom stereocenters. The fourth-order valence-electron chi connectivity index (χ4n) is 1.42. The van der Waals surface area contributed by atoms with E-state index in [2.05, 4.69) is 15.3 Å². The van der Waals surface area contributed by atoms with Gasteiger partial charge < -0.3 is 10.2 Å². The number of rotatable bonds is 1. The Morgan fingerprint density at radius 2 is 2.00 bits per heavy atom. The van der Waals surface area contributed by atoms with E-state index in [1.807, 2.05) is 20.9 Å². The quantitative estimate of drug-likeness (QED) is 0.719. The highest BCUT2D eigenvalue weighted by Crippen LogP contribution is 2.25. The van der Waals surface area contributed by atoms with E-state index >= 15 is 0 Å². The number of aryl methyl sites for hydroxylation is 2. The molecule has 0 aromatic carbocycles. The predicted molar refractivity (Wildman–Crippen MR) is 50.4 cm³/mol. The Morgan fingerprint density at radius 3 is 2.43 bits per heavy atom. The summed E-state index contributed by atoms with van der Waals surface area (Å²) in [5.74, 6) is 0.422. The van der Waals surface area contributed by atoms with Gasteiger partial charge in [-0.25, -0.2) is 0 Å². The Hall–Kier alpha value is -1.85. The first-order valence-electron chi connectivity index (χ1n) is 4.19. The molecule has 6 heteroatoms. The van der Waals surface area contributed by atoms with Crippen LogP contribution >= 0.6 is 0 Å². The van der Waals surface area contributed by atoms with Crippen LogP contribution in [0.4, 0.5) is 6.01 Å². The summed E-state index contributed by atoms with van der Waals surface area (Å²) >= 11 is 0. The average Bonchev–Trinajstić information content (AvgIpc) is 2.60. The lowest BCUT2D eigenvalue weighted by atomic mass is 10.2. The van der Waals surface area contributed by atoms with E-state index in [1.165, 1.54) is 0 Å². The van der Waals surface area contributed by atoms with Crippen LogP contribution in [0.15, 0.2) is 4.42 Å². The number of hydrogen-bond acceptors (Lipinski definition) is 5. The average molecular weight is 193 g/mol. The number of aromatic nitrogens is 4. The molecule has 0 fully saturated rings. The molecule has 0 aliphatic heterocycles. The van der Waals surface area contributed by atoms with E-state index in [4.69, 9.17) is 10.2 Å². The van der Waals surface area contributed by atoms with Gasteiger partial charge in [0.1, 0.15) is 0 Å². The second kappa shape index (κ2) is 2.83. The summed E-state index contributed by atoms with van der Waals surface area (Å²) in [6.45, 7) is 3.83. The maximum atomic E-state index is 5.36. The Labute approximate surface area is 80.7 Å². The van der Waals surface area contributed by atoms with Crippen LogP contribution in [-0.4, -0.2) is 20.0 Å².